The van der Waals surface area contributed by atoms with E-state index in [9.17, 15) is 29.8 Å². The van der Waals surface area contributed by atoms with E-state index in [-0.39, 0.29) is 22.1 Å². The maximum Gasteiger partial charge on any atom is 0.344 e. The molecular weight excluding hydrogens is 372 g/mol. The van der Waals surface area contributed by atoms with Crippen LogP contribution in [0.1, 0.15) is 20.7 Å². The summed E-state index contributed by atoms with van der Waals surface area (Å²) < 4.78 is 10.1. The van der Waals surface area contributed by atoms with Gasteiger partial charge < -0.3 is 9.47 Å². The van der Waals surface area contributed by atoms with Crippen LogP contribution in [0.3, 0.4) is 0 Å². The summed E-state index contributed by atoms with van der Waals surface area (Å²) in [6, 6.07) is 4.85. The molecule has 0 spiro atoms. The highest BCUT2D eigenvalue weighted by Gasteiger charge is 2.23. The summed E-state index contributed by atoms with van der Waals surface area (Å²) in [6.45, 7) is 0. The number of halogens is 1. The minimum atomic E-state index is -1.13. The Morgan fingerprint density at radius 3 is 2.12 bits per heavy atom. The summed E-state index contributed by atoms with van der Waals surface area (Å²) in [6.07, 6.45) is 0.504. The highest BCUT2D eigenvalue weighted by molar-refractivity contribution is 6.32. The van der Waals surface area contributed by atoms with Crippen molar-refractivity contribution in [1.82, 2.24) is 0 Å². The Kier molecular flexibility index (Phi) is 5.48. The summed E-state index contributed by atoms with van der Waals surface area (Å²) in [5.74, 6) is -1.40. The van der Waals surface area contributed by atoms with E-state index in [2.05, 4.69) is 0 Å². The number of nitro benzene ring substituents is 2. The number of benzene rings is 2. The van der Waals surface area contributed by atoms with E-state index in [0.29, 0.717) is 12.4 Å². The van der Waals surface area contributed by atoms with Crippen molar-refractivity contribution in [1.29, 1.82) is 0 Å². The van der Waals surface area contributed by atoms with E-state index < -0.39 is 32.8 Å². The van der Waals surface area contributed by atoms with Gasteiger partial charge in [0, 0.05) is 17.7 Å². The molecule has 0 saturated carbocycles. The van der Waals surface area contributed by atoms with Crippen molar-refractivity contribution in [3.8, 4) is 11.5 Å². The second kappa shape index (κ2) is 7.57. The predicted molar refractivity (Wildman–Crippen MR) is 88.1 cm³/mol. The number of nitrogens with zero attached hydrogens (tertiary/aromatic N) is 2. The van der Waals surface area contributed by atoms with Crippen molar-refractivity contribution >= 4 is 35.2 Å². The summed E-state index contributed by atoms with van der Waals surface area (Å²) >= 11 is 5.95. The number of methoxy groups -OCH3 is 1. The number of rotatable bonds is 6. The Bertz CT molecular complexity index is 896. The highest BCUT2D eigenvalue weighted by Crippen LogP contribution is 2.37. The van der Waals surface area contributed by atoms with Crippen molar-refractivity contribution in [3.05, 3.63) is 66.7 Å². The standard InChI is InChI=1S/C15H9ClN2O8/c1-25-13-3-8(7-19)2-12(16)14(13)26-15(20)9-4-10(17(21)22)6-11(5-9)18(23)24/h2-7H,1H3. The summed E-state index contributed by atoms with van der Waals surface area (Å²) in [7, 11) is 1.25. The molecule has 0 atom stereocenters. The van der Waals surface area contributed by atoms with Gasteiger partial charge in [0.05, 0.1) is 33.6 Å². The number of ether oxygens (including phenoxy) is 2. The molecule has 2 aromatic carbocycles. The van der Waals surface area contributed by atoms with Gasteiger partial charge in [0.25, 0.3) is 11.4 Å². The van der Waals surface area contributed by atoms with Gasteiger partial charge in [-0.25, -0.2) is 4.79 Å². The maximum absolute atomic E-state index is 12.3. The molecule has 0 aliphatic heterocycles. The van der Waals surface area contributed by atoms with Gasteiger partial charge in [0.1, 0.15) is 6.29 Å². The lowest BCUT2D eigenvalue weighted by Gasteiger charge is -2.11. The quantitative estimate of drug-likeness (QED) is 0.245. The molecule has 0 heterocycles. The Balaban J connectivity index is 2.46. The van der Waals surface area contributed by atoms with Crippen molar-refractivity contribution in [2.45, 2.75) is 0 Å². The molecule has 26 heavy (non-hydrogen) atoms. The molecule has 0 saturated heterocycles. The lowest BCUT2D eigenvalue weighted by molar-refractivity contribution is -0.394. The van der Waals surface area contributed by atoms with Crippen LogP contribution >= 0.6 is 11.6 Å². The number of carbonyl (C=O) groups is 2. The van der Waals surface area contributed by atoms with Crippen LogP contribution in [0, 0.1) is 20.2 Å². The molecule has 2 rings (SSSR count). The first-order chi connectivity index (χ1) is 12.3. The first kappa shape index (κ1) is 18.8. The van der Waals surface area contributed by atoms with Gasteiger partial charge in [-0.2, -0.15) is 0 Å². The van der Waals surface area contributed by atoms with Crippen LogP contribution in [-0.4, -0.2) is 29.2 Å². The SMILES string of the molecule is COc1cc(C=O)cc(Cl)c1OC(=O)c1cc([N+](=O)[O-])cc([N+](=O)[O-])c1. The molecule has 0 amide bonds. The van der Waals surface area contributed by atoms with Crippen LogP contribution in [-0.2, 0) is 0 Å². The number of carbonyl (C=O) groups excluding carboxylic acids is 2. The number of aldehydes is 1. The monoisotopic (exact) mass is 380 g/mol. The molecule has 0 aliphatic carbocycles. The topological polar surface area (TPSA) is 139 Å². The zero-order valence-electron chi connectivity index (χ0n) is 13.0. The zero-order chi connectivity index (χ0) is 19.4. The van der Waals surface area contributed by atoms with Crippen molar-refractivity contribution < 1.29 is 28.9 Å². The summed E-state index contributed by atoms with van der Waals surface area (Å²) in [5.41, 5.74) is -1.57. The summed E-state index contributed by atoms with van der Waals surface area (Å²) in [4.78, 5) is 43.1. The lowest BCUT2D eigenvalue weighted by Crippen LogP contribution is -2.11. The van der Waals surface area contributed by atoms with Gasteiger partial charge in [-0.1, -0.05) is 11.6 Å². The molecule has 0 N–H and O–H groups in total. The summed E-state index contributed by atoms with van der Waals surface area (Å²) in [5, 5.41) is 21.7. The van der Waals surface area contributed by atoms with Gasteiger partial charge in [0.2, 0.25) is 0 Å². The molecule has 10 nitrogen and oxygen atoms in total. The molecule has 2 aromatic rings. The highest BCUT2D eigenvalue weighted by atomic mass is 35.5. The molecule has 0 unspecified atom stereocenters. The Morgan fingerprint density at radius 2 is 1.65 bits per heavy atom. The average molecular weight is 381 g/mol. The molecule has 11 heteroatoms. The van der Waals surface area contributed by atoms with Crippen LogP contribution in [0.4, 0.5) is 11.4 Å². The molecule has 0 radical (unpaired) electrons. The zero-order valence-corrected chi connectivity index (χ0v) is 13.8. The Morgan fingerprint density at radius 1 is 1.08 bits per heavy atom. The second-order valence-corrected chi connectivity index (χ2v) is 5.20. The third kappa shape index (κ3) is 3.92. The minimum absolute atomic E-state index is 0.0344. The lowest BCUT2D eigenvalue weighted by atomic mass is 10.1. The van der Waals surface area contributed by atoms with E-state index in [1.165, 1.54) is 19.2 Å². The fourth-order valence-electron chi connectivity index (χ4n) is 1.98. The Labute approximate surface area is 150 Å². The first-order valence-electron chi connectivity index (χ1n) is 6.75. The Hall–Kier alpha value is -3.53. The van der Waals surface area contributed by atoms with E-state index >= 15 is 0 Å². The van der Waals surface area contributed by atoms with E-state index in [1.54, 1.807) is 0 Å². The smallest absolute Gasteiger partial charge is 0.344 e. The molecule has 0 aliphatic rings. The number of nitro groups is 2. The largest absolute Gasteiger partial charge is 0.493 e. The van der Waals surface area contributed by atoms with Crippen LogP contribution < -0.4 is 9.47 Å². The van der Waals surface area contributed by atoms with Gasteiger partial charge in [-0.3, -0.25) is 25.0 Å². The third-order valence-corrected chi connectivity index (χ3v) is 3.42. The van der Waals surface area contributed by atoms with Crippen molar-refractivity contribution in [2.24, 2.45) is 0 Å². The average Bonchev–Trinajstić information content (AvgIpc) is 2.62. The molecule has 0 bridgehead atoms. The molecular formula is C15H9ClN2O8. The van der Waals surface area contributed by atoms with Crippen LogP contribution in [0.2, 0.25) is 5.02 Å². The number of esters is 1. The van der Waals surface area contributed by atoms with Gasteiger partial charge in [-0.05, 0) is 12.1 Å². The van der Waals surface area contributed by atoms with Gasteiger partial charge in [0.15, 0.2) is 11.5 Å². The van der Waals surface area contributed by atoms with Crippen LogP contribution in [0.25, 0.3) is 0 Å². The fourth-order valence-corrected chi connectivity index (χ4v) is 2.24. The predicted octanol–water partition coefficient (Wildman–Crippen LogP) is 3.20. The van der Waals surface area contributed by atoms with Crippen molar-refractivity contribution in [3.63, 3.8) is 0 Å². The maximum atomic E-state index is 12.3. The number of hydrogen-bond acceptors (Lipinski definition) is 8. The third-order valence-electron chi connectivity index (χ3n) is 3.14. The van der Waals surface area contributed by atoms with E-state index in [4.69, 9.17) is 21.1 Å². The second-order valence-electron chi connectivity index (χ2n) is 4.79. The molecule has 134 valence electrons. The van der Waals surface area contributed by atoms with Crippen LogP contribution in [0.15, 0.2) is 30.3 Å². The minimum Gasteiger partial charge on any atom is -0.493 e. The molecule has 0 fully saturated rings. The van der Waals surface area contributed by atoms with Gasteiger partial charge >= 0.3 is 5.97 Å². The fraction of sp³-hybridized carbons (Fsp3) is 0.0667. The van der Waals surface area contributed by atoms with E-state index in [0.717, 1.165) is 12.1 Å². The number of non-ortho nitro benzene ring substituents is 2. The normalized spacial score (nSPS) is 10.1. The van der Waals surface area contributed by atoms with E-state index in [1.807, 2.05) is 0 Å². The van der Waals surface area contributed by atoms with Crippen molar-refractivity contribution in [2.75, 3.05) is 7.11 Å². The van der Waals surface area contributed by atoms with Gasteiger partial charge in [-0.15, -0.1) is 0 Å². The first-order valence-corrected chi connectivity index (χ1v) is 7.13. The molecule has 0 aromatic heterocycles. The van der Waals surface area contributed by atoms with Crippen LogP contribution in [0.5, 0.6) is 11.5 Å². The number of hydrogen-bond donors (Lipinski definition) is 0.